The number of H-pyrrole nitrogens is 1. The molecule has 1 aromatic heterocycles. The van der Waals surface area contributed by atoms with Gasteiger partial charge in [-0.1, -0.05) is 12.1 Å². The van der Waals surface area contributed by atoms with Crippen molar-refractivity contribution < 1.29 is 0 Å². The predicted molar refractivity (Wildman–Crippen MR) is 83.8 cm³/mol. The van der Waals surface area contributed by atoms with Crippen LogP contribution in [0.4, 0.5) is 0 Å². The van der Waals surface area contributed by atoms with Crippen LogP contribution in [0.3, 0.4) is 0 Å². The Morgan fingerprint density at radius 3 is 2.68 bits per heavy atom. The van der Waals surface area contributed by atoms with Crippen LogP contribution in [0, 0.1) is 8.99 Å². The minimum Gasteiger partial charge on any atom is -0.341 e. The molecule has 0 amide bonds. The van der Waals surface area contributed by atoms with Gasteiger partial charge in [-0.3, -0.25) is 0 Å². The molecule has 3 nitrogen and oxygen atoms in total. The molecule has 2 fully saturated rings. The predicted octanol–water partition coefficient (Wildman–Crippen LogP) is 3.50. The van der Waals surface area contributed by atoms with Gasteiger partial charge >= 0.3 is 0 Å². The van der Waals surface area contributed by atoms with Gasteiger partial charge in [-0.25, -0.2) is 4.98 Å². The minimum absolute atomic E-state index is 0.417. The fraction of sp³-hybridized carbons (Fsp3) is 0.400. The first-order valence-electron chi connectivity index (χ1n) is 6.78. The Labute approximate surface area is 126 Å². The zero-order chi connectivity index (χ0) is 12.9. The Hall–Kier alpha value is -0.880. The maximum atomic E-state index is 4.57. The van der Waals surface area contributed by atoms with Crippen molar-refractivity contribution in [3.63, 3.8) is 0 Å². The van der Waals surface area contributed by atoms with Crippen LogP contribution in [-0.4, -0.2) is 16.5 Å². The first-order chi connectivity index (χ1) is 9.24. The largest absolute Gasteiger partial charge is 0.341 e. The summed E-state index contributed by atoms with van der Waals surface area (Å²) in [6.07, 6.45) is 5.98. The van der Waals surface area contributed by atoms with Gasteiger partial charge in [-0.2, -0.15) is 0 Å². The highest BCUT2D eigenvalue weighted by molar-refractivity contribution is 14.1. The van der Waals surface area contributed by atoms with Gasteiger partial charge in [0.25, 0.3) is 0 Å². The van der Waals surface area contributed by atoms with Crippen molar-refractivity contribution >= 4 is 22.6 Å². The molecule has 1 aromatic carbocycles. The van der Waals surface area contributed by atoms with Crippen LogP contribution in [-0.2, 0) is 0 Å². The first kappa shape index (κ1) is 11.9. The van der Waals surface area contributed by atoms with Gasteiger partial charge in [-0.15, -0.1) is 0 Å². The number of benzene rings is 1. The summed E-state index contributed by atoms with van der Waals surface area (Å²) >= 11 is 2.33. The van der Waals surface area contributed by atoms with Crippen LogP contribution in [0.2, 0.25) is 0 Å². The van der Waals surface area contributed by atoms with E-state index in [4.69, 9.17) is 0 Å². The van der Waals surface area contributed by atoms with Gasteiger partial charge in [0, 0.05) is 10.1 Å². The molecule has 1 saturated carbocycles. The molecule has 1 spiro atoms. The lowest BCUT2D eigenvalue weighted by Crippen LogP contribution is -2.15. The van der Waals surface area contributed by atoms with Crippen LogP contribution in [0.5, 0.6) is 0 Å². The van der Waals surface area contributed by atoms with E-state index >= 15 is 0 Å². The van der Waals surface area contributed by atoms with E-state index in [1.807, 2.05) is 6.20 Å². The molecular weight excluding hydrogens is 349 g/mol. The Morgan fingerprint density at radius 2 is 2.00 bits per heavy atom. The number of imidazole rings is 1. The third-order valence-electron chi connectivity index (χ3n) is 4.40. The number of hydrogen-bond acceptors (Lipinski definition) is 2. The van der Waals surface area contributed by atoms with Crippen molar-refractivity contribution in [1.82, 2.24) is 15.3 Å². The monoisotopic (exact) mass is 365 g/mol. The van der Waals surface area contributed by atoms with Crippen molar-refractivity contribution in [3.05, 3.63) is 39.9 Å². The van der Waals surface area contributed by atoms with Crippen LogP contribution in [0.15, 0.2) is 30.5 Å². The van der Waals surface area contributed by atoms with Crippen molar-refractivity contribution in [3.8, 4) is 11.3 Å². The van der Waals surface area contributed by atoms with E-state index in [0.29, 0.717) is 11.5 Å². The third kappa shape index (κ3) is 2.21. The zero-order valence-corrected chi connectivity index (χ0v) is 12.8. The molecular formula is C15H16IN3. The lowest BCUT2D eigenvalue weighted by molar-refractivity contribution is 0.543. The summed E-state index contributed by atoms with van der Waals surface area (Å²) in [5.74, 6) is 1.09. The highest BCUT2D eigenvalue weighted by atomic mass is 127. The van der Waals surface area contributed by atoms with Gasteiger partial charge in [0.1, 0.15) is 5.82 Å². The maximum Gasteiger partial charge on any atom is 0.123 e. The summed E-state index contributed by atoms with van der Waals surface area (Å²) in [5, 5.41) is 3.60. The zero-order valence-electron chi connectivity index (χ0n) is 10.6. The highest BCUT2D eigenvalue weighted by Gasteiger charge is 2.49. The fourth-order valence-electron chi connectivity index (χ4n) is 2.96. The molecule has 2 aliphatic rings. The normalized spacial score (nSPS) is 23.9. The molecule has 0 radical (unpaired) electrons. The van der Waals surface area contributed by atoms with Crippen LogP contribution in [0.1, 0.15) is 31.1 Å². The second kappa shape index (κ2) is 4.31. The molecule has 4 rings (SSSR count). The molecule has 2 heterocycles. The van der Waals surface area contributed by atoms with E-state index in [-0.39, 0.29) is 0 Å². The number of aromatic nitrogens is 2. The Bertz CT molecular complexity index is 598. The Kier molecular flexibility index (Phi) is 2.70. The molecule has 19 heavy (non-hydrogen) atoms. The van der Waals surface area contributed by atoms with E-state index in [1.54, 1.807) is 0 Å². The maximum absolute atomic E-state index is 4.57. The molecule has 1 aliphatic heterocycles. The first-order valence-corrected chi connectivity index (χ1v) is 7.86. The summed E-state index contributed by atoms with van der Waals surface area (Å²) in [6.45, 7) is 1.16. The second-order valence-corrected chi connectivity index (χ2v) is 7.07. The molecule has 0 unspecified atom stereocenters. The number of aromatic amines is 1. The van der Waals surface area contributed by atoms with Gasteiger partial charge in [0.15, 0.2) is 0 Å². The van der Waals surface area contributed by atoms with Gasteiger partial charge in [-0.05, 0) is 65.0 Å². The van der Waals surface area contributed by atoms with Crippen LogP contribution in [0.25, 0.3) is 11.3 Å². The van der Waals surface area contributed by atoms with E-state index in [9.17, 15) is 0 Å². The van der Waals surface area contributed by atoms with Crippen molar-refractivity contribution in [2.45, 2.75) is 25.3 Å². The van der Waals surface area contributed by atoms with Crippen molar-refractivity contribution in [2.75, 3.05) is 6.54 Å². The molecule has 4 heteroatoms. The number of rotatable bonds is 2. The summed E-state index contributed by atoms with van der Waals surface area (Å²) < 4.78 is 1.26. The molecule has 98 valence electrons. The lowest BCUT2D eigenvalue weighted by atomic mass is 10.0. The Balaban J connectivity index is 1.57. The van der Waals surface area contributed by atoms with E-state index in [0.717, 1.165) is 18.1 Å². The average molecular weight is 365 g/mol. The fourth-order valence-corrected chi connectivity index (χ4v) is 3.32. The smallest absolute Gasteiger partial charge is 0.123 e. The standard InChI is InChI=1S/C15H16IN3/c16-11-3-1-10(2-4-11)13-8-17-14(19-13)12-7-15(5-6-15)9-18-12/h1-4,8,12,18H,5-7,9H2,(H,17,19)/t12-/m0/s1. The number of nitrogens with one attached hydrogen (secondary N) is 2. The van der Waals surface area contributed by atoms with E-state index in [2.05, 4.69) is 62.1 Å². The number of halogens is 1. The summed E-state index contributed by atoms with van der Waals surface area (Å²) in [7, 11) is 0. The average Bonchev–Trinajstić information content (AvgIpc) is 2.85. The van der Waals surface area contributed by atoms with Crippen molar-refractivity contribution in [1.29, 1.82) is 0 Å². The molecule has 0 bridgehead atoms. The third-order valence-corrected chi connectivity index (χ3v) is 5.12. The topological polar surface area (TPSA) is 40.7 Å². The summed E-state index contributed by atoms with van der Waals surface area (Å²) in [4.78, 5) is 8.05. The molecule has 1 saturated heterocycles. The van der Waals surface area contributed by atoms with Gasteiger partial charge in [0.05, 0.1) is 17.9 Å². The minimum atomic E-state index is 0.417. The number of nitrogens with zero attached hydrogens (tertiary/aromatic N) is 1. The van der Waals surface area contributed by atoms with E-state index in [1.165, 1.54) is 28.4 Å². The van der Waals surface area contributed by atoms with Crippen LogP contribution >= 0.6 is 22.6 Å². The van der Waals surface area contributed by atoms with E-state index < -0.39 is 0 Å². The lowest BCUT2D eigenvalue weighted by Gasteiger charge is -2.06. The highest BCUT2D eigenvalue weighted by Crippen LogP contribution is 2.54. The number of hydrogen-bond donors (Lipinski definition) is 2. The second-order valence-electron chi connectivity index (χ2n) is 5.83. The molecule has 1 atom stereocenters. The molecule has 2 N–H and O–H groups in total. The van der Waals surface area contributed by atoms with Crippen molar-refractivity contribution in [2.24, 2.45) is 5.41 Å². The van der Waals surface area contributed by atoms with Gasteiger partial charge in [0.2, 0.25) is 0 Å². The van der Waals surface area contributed by atoms with Gasteiger partial charge < -0.3 is 10.3 Å². The van der Waals surface area contributed by atoms with Crippen LogP contribution < -0.4 is 5.32 Å². The summed E-state index contributed by atoms with van der Waals surface area (Å²) in [6, 6.07) is 8.96. The SMILES string of the molecule is Ic1ccc(-c2cnc([C@@H]3CC4(CC4)CN3)[nH]2)cc1. The summed E-state index contributed by atoms with van der Waals surface area (Å²) in [5.41, 5.74) is 2.93. The quantitative estimate of drug-likeness (QED) is 0.800. The molecule has 2 aromatic rings. The molecule has 1 aliphatic carbocycles. The Morgan fingerprint density at radius 1 is 1.21 bits per heavy atom.